The van der Waals surface area contributed by atoms with Crippen LogP contribution in [0.15, 0.2) is 22.8 Å². The fourth-order valence-electron chi connectivity index (χ4n) is 9.59. The third-order valence-corrected chi connectivity index (χ3v) is 12.1. The number of carbonyl (C=O) groups excluding carboxylic acids is 3. The van der Waals surface area contributed by atoms with E-state index < -0.39 is 34.1 Å². The normalized spacial score (nSPS) is 49.2. The summed E-state index contributed by atoms with van der Waals surface area (Å²) in [7, 11) is 1.65. The van der Waals surface area contributed by atoms with Crippen LogP contribution in [0.3, 0.4) is 0 Å². The van der Waals surface area contributed by atoms with E-state index in [2.05, 4.69) is 6.92 Å². The summed E-state index contributed by atoms with van der Waals surface area (Å²) >= 11 is 0. The van der Waals surface area contributed by atoms with Crippen molar-refractivity contribution in [3.8, 4) is 0 Å². The number of fused-ring (bicyclic) bond motifs is 4. The molecule has 4 fully saturated rings. The standard InChI is InChI=1S/C31H42O8/c1-15-10-23(38-27(34)16(15)2)17(3)21-12-26(37-18(4)32)31(35)22-13-25-30(39-25)14-19(36-7)11-24(33)29(30,6)20(22)8-9-28(21,31)5/h12,17,19-20,22-23,25-26,35H,8-11,13-14H2,1-7H3. The third-order valence-electron chi connectivity index (χ3n) is 12.1. The molecule has 11 unspecified atom stereocenters. The highest BCUT2D eigenvalue weighted by atomic mass is 16.6. The van der Waals surface area contributed by atoms with E-state index in [9.17, 15) is 19.5 Å². The molecule has 1 saturated heterocycles. The van der Waals surface area contributed by atoms with Gasteiger partial charge in [0.05, 0.1) is 17.6 Å². The summed E-state index contributed by atoms with van der Waals surface area (Å²) in [4.78, 5) is 38.7. The van der Waals surface area contributed by atoms with Crippen molar-refractivity contribution in [3.05, 3.63) is 22.8 Å². The molecule has 2 heterocycles. The molecule has 3 saturated carbocycles. The third kappa shape index (κ3) is 3.31. The summed E-state index contributed by atoms with van der Waals surface area (Å²) in [6.45, 7) is 11.3. The van der Waals surface area contributed by atoms with Gasteiger partial charge in [-0.05, 0) is 57.9 Å². The van der Waals surface area contributed by atoms with Crippen molar-refractivity contribution < 1.29 is 38.4 Å². The Bertz CT molecular complexity index is 1200. The number of rotatable bonds is 4. The zero-order valence-corrected chi connectivity index (χ0v) is 24.2. The fourth-order valence-corrected chi connectivity index (χ4v) is 9.59. The van der Waals surface area contributed by atoms with Crippen molar-refractivity contribution in [1.29, 1.82) is 0 Å². The Morgan fingerprint density at radius 3 is 2.54 bits per heavy atom. The van der Waals surface area contributed by atoms with Crippen LogP contribution in [-0.4, -0.2) is 65.6 Å². The molecular weight excluding hydrogens is 500 g/mol. The Balaban J connectivity index is 1.39. The molecule has 1 spiro atoms. The van der Waals surface area contributed by atoms with E-state index in [-0.39, 0.29) is 47.8 Å². The number of ketones is 1. The van der Waals surface area contributed by atoms with Gasteiger partial charge < -0.3 is 24.1 Å². The van der Waals surface area contributed by atoms with E-state index in [1.165, 1.54) is 6.92 Å². The largest absolute Gasteiger partial charge is 0.458 e. The lowest BCUT2D eigenvalue weighted by Gasteiger charge is -2.62. The molecule has 39 heavy (non-hydrogen) atoms. The number of esters is 2. The Labute approximate surface area is 230 Å². The van der Waals surface area contributed by atoms with Crippen molar-refractivity contribution in [1.82, 2.24) is 0 Å². The zero-order chi connectivity index (χ0) is 28.3. The van der Waals surface area contributed by atoms with Crippen LogP contribution in [0.4, 0.5) is 0 Å². The van der Waals surface area contributed by atoms with Crippen LogP contribution < -0.4 is 0 Å². The predicted molar refractivity (Wildman–Crippen MR) is 140 cm³/mol. The first-order valence-electron chi connectivity index (χ1n) is 14.5. The van der Waals surface area contributed by atoms with Gasteiger partial charge in [-0.3, -0.25) is 9.59 Å². The second kappa shape index (κ2) is 8.49. The monoisotopic (exact) mass is 542 g/mol. The number of methoxy groups -OCH3 is 1. The molecule has 0 aromatic heterocycles. The van der Waals surface area contributed by atoms with Gasteiger partial charge in [-0.25, -0.2) is 4.79 Å². The Morgan fingerprint density at radius 1 is 1.18 bits per heavy atom. The van der Waals surface area contributed by atoms with E-state index in [1.54, 1.807) is 14.0 Å². The average Bonchev–Trinajstić information content (AvgIpc) is 3.53. The molecule has 11 atom stereocenters. The molecule has 2 aliphatic heterocycles. The summed E-state index contributed by atoms with van der Waals surface area (Å²) in [5.74, 6) is -1.21. The lowest BCUT2D eigenvalue weighted by molar-refractivity contribution is -0.225. The van der Waals surface area contributed by atoms with Gasteiger partial charge in [0.25, 0.3) is 0 Å². The predicted octanol–water partition coefficient (Wildman–Crippen LogP) is 3.84. The number of aliphatic hydroxyl groups is 1. The number of epoxide rings is 1. The molecule has 0 aromatic rings. The van der Waals surface area contributed by atoms with E-state index >= 15 is 0 Å². The molecule has 6 aliphatic rings. The van der Waals surface area contributed by atoms with Gasteiger partial charge in [-0.1, -0.05) is 25.0 Å². The number of ether oxygens (including phenoxy) is 4. The number of carbonyl (C=O) groups is 3. The zero-order valence-electron chi connectivity index (χ0n) is 24.2. The number of hydrogen-bond acceptors (Lipinski definition) is 8. The van der Waals surface area contributed by atoms with Crippen LogP contribution in [0, 0.1) is 28.6 Å². The van der Waals surface area contributed by atoms with Crippen molar-refractivity contribution in [3.63, 3.8) is 0 Å². The van der Waals surface area contributed by atoms with Crippen molar-refractivity contribution in [2.45, 2.75) is 116 Å². The highest BCUT2D eigenvalue weighted by Gasteiger charge is 2.81. The summed E-state index contributed by atoms with van der Waals surface area (Å²) < 4.78 is 23.8. The van der Waals surface area contributed by atoms with E-state index in [4.69, 9.17) is 18.9 Å². The van der Waals surface area contributed by atoms with Gasteiger partial charge in [0.2, 0.25) is 0 Å². The molecule has 8 heteroatoms. The van der Waals surface area contributed by atoms with Gasteiger partial charge in [0.1, 0.15) is 29.2 Å². The van der Waals surface area contributed by atoms with E-state index in [0.717, 1.165) is 17.6 Å². The van der Waals surface area contributed by atoms with Gasteiger partial charge in [0, 0.05) is 50.2 Å². The van der Waals surface area contributed by atoms with E-state index in [1.807, 2.05) is 26.8 Å². The minimum Gasteiger partial charge on any atom is -0.458 e. The van der Waals surface area contributed by atoms with Crippen LogP contribution in [0.25, 0.3) is 0 Å². The summed E-state index contributed by atoms with van der Waals surface area (Å²) in [5, 5.41) is 12.9. The maximum atomic E-state index is 13.8. The lowest BCUT2D eigenvalue weighted by Crippen LogP contribution is -2.69. The van der Waals surface area contributed by atoms with Gasteiger partial charge in [-0.15, -0.1) is 0 Å². The van der Waals surface area contributed by atoms with Crippen molar-refractivity contribution >= 4 is 17.7 Å². The first-order valence-corrected chi connectivity index (χ1v) is 14.5. The quantitative estimate of drug-likeness (QED) is 0.324. The smallest absolute Gasteiger partial charge is 0.333 e. The summed E-state index contributed by atoms with van der Waals surface area (Å²) in [5.41, 5.74) is -0.795. The lowest BCUT2D eigenvalue weighted by atomic mass is 9.42. The van der Waals surface area contributed by atoms with Crippen LogP contribution >= 0.6 is 0 Å². The average molecular weight is 543 g/mol. The van der Waals surface area contributed by atoms with Gasteiger partial charge in [0.15, 0.2) is 0 Å². The fraction of sp³-hybridized carbons (Fsp3) is 0.774. The maximum absolute atomic E-state index is 13.8. The Hall–Kier alpha value is -2.03. The molecule has 0 bridgehead atoms. The number of cyclic esters (lactones) is 1. The second-order valence-corrected chi connectivity index (χ2v) is 13.5. The molecule has 8 nitrogen and oxygen atoms in total. The van der Waals surface area contributed by atoms with E-state index in [0.29, 0.717) is 37.7 Å². The highest BCUT2D eigenvalue weighted by molar-refractivity contribution is 5.90. The van der Waals surface area contributed by atoms with Crippen LogP contribution in [0.2, 0.25) is 0 Å². The highest BCUT2D eigenvalue weighted by Crippen LogP contribution is 2.74. The van der Waals surface area contributed by atoms with Crippen LogP contribution in [0.5, 0.6) is 0 Å². The second-order valence-electron chi connectivity index (χ2n) is 13.5. The Kier molecular flexibility index (Phi) is 5.91. The van der Waals surface area contributed by atoms with Gasteiger partial charge in [-0.2, -0.15) is 0 Å². The molecule has 0 amide bonds. The topological polar surface area (TPSA) is 112 Å². The van der Waals surface area contributed by atoms with Crippen LogP contribution in [-0.2, 0) is 33.3 Å². The molecule has 0 aromatic carbocycles. The summed E-state index contributed by atoms with van der Waals surface area (Å²) in [6.07, 6.45) is 4.03. The molecule has 4 aliphatic carbocycles. The molecule has 0 radical (unpaired) electrons. The molecule has 214 valence electrons. The number of hydrogen-bond donors (Lipinski definition) is 1. The van der Waals surface area contributed by atoms with Gasteiger partial charge >= 0.3 is 11.9 Å². The number of Topliss-reactive ketones (excluding diaryl/α,β-unsaturated/α-hetero) is 1. The SMILES string of the molecule is COC1CC(=O)C2(C)C3CCC4(C)C(C(C)C5CC(C)=C(C)C(=O)O5)=CC(OC(C)=O)C4(O)C3CC3OC32C1. The minimum atomic E-state index is -1.41. The maximum Gasteiger partial charge on any atom is 0.333 e. The van der Waals surface area contributed by atoms with Crippen molar-refractivity contribution in [2.24, 2.45) is 28.6 Å². The first-order chi connectivity index (χ1) is 18.2. The summed E-state index contributed by atoms with van der Waals surface area (Å²) in [6, 6.07) is 0. The minimum absolute atomic E-state index is 0.110. The van der Waals surface area contributed by atoms with Crippen LogP contribution in [0.1, 0.15) is 80.1 Å². The molecular formula is C31H42O8. The first kappa shape index (κ1) is 27.2. The molecule has 6 rings (SSSR count). The Morgan fingerprint density at radius 2 is 1.90 bits per heavy atom. The van der Waals surface area contributed by atoms with Crippen molar-refractivity contribution in [2.75, 3.05) is 7.11 Å². The molecule has 1 N–H and O–H groups in total.